The van der Waals surface area contributed by atoms with Crippen LogP contribution in [0.15, 0.2) is 6.20 Å². The summed E-state index contributed by atoms with van der Waals surface area (Å²) < 4.78 is 38.2. The van der Waals surface area contributed by atoms with Crippen molar-refractivity contribution in [1.29, 1.82) is 0 Å². The predicted molar refractivity (Wildman–Crippen MR) is 72.5 cm³/mol. The molecule has 0 spiro atoms. The minimum atomic E-state index is -4.72. The monoisotopic (exact) mass is 334 g/mol. The van der Waals surface area contributed by atoms with Gasteiger partial charge in [0.2, 0.25) is 5.82 Å². The Kier molecular flexibility index (Phi) is 3.98. The van der Waals surface area contributed by atoms with Crippen LogP contribution in [0, 0.1) is 5.92 Å². The van der Waals surface area contributed by atoms with E-state index in [4.69, 9.17) is 11.6 Å². The van der Waals surface area contributed by atoms with Gasteiger partial charge in [-0.1, -0.05) is 11.6 Å². The molecule has 2 saturated heterocycles. The molecule has 2 aliphatic rings. The molecule has 1 aromatic heterocycles. The minimum Gasteiger partial charge on any atom is -0.345 e. The van der Waals surface area contributed by atoms with Crippen LogP contribution in [-0.2, 0) is 6.18 Å². The van der Waals surface area contributed by atoms with Crippen molar-refractivity contribution >= 4 is 17.5 Å². The average Bonchev–Trinajstić information content (AvgIpc) is 2.77. The third kappa shape index (κ3) is 3.17. The summed E-state index contributed by atoms with van der Waals surface area (Å²) in [5, 5.41) is 2.10. The Hall–Kier alpha value is -1.41. The summed E-state index contributed by atoms with van der Waals surface area (Å²) in [7, 11) is 0. The quantitative estimate of drug-likeness (QED) is 0.898. The highest BCUT2D eigenvalue weighted by Crippen LogP contribution is 2.32. The maximum absolute atomic E-state index is 12.7. The molecule has 9 heteroatoms. The van der Waals surface area contributed by atoms with Gasteiger partial charge >= 0.3 is 6.18 Å². The number of alkyl halides is 3. The van der Waals surface area contributed by atoms with E-state index in [1.165, 1.54) is 0 Å². The maximum atomic E-state index is 12.7. The normalized spacial score (nSPS) is 27.7. The third-order valence-electron chi connectivity index (χ3n) is 4.02. The fourth-order valence-corrected chi connectivity index (χ4v) is 3.29. The third-order valence-corrected chi connectivity index (χ3v) is 4.29. The van der Waals surface area contributed by atoms with E-state index in [1.54, 1.807) is 0 Å². The van der Waals surface area contributed by atoms with Gasteiger partial charge in [0.1, 0.15) is 0 Å². The molecule has 0 radical (unpaired) electrons. The molecule has 22 heavy (non-hydrogen) atoms. The highest BCUT2D eigenvalue weighted by atomic mass is 35.5. The number of piperidine rings is 1. The SMILES string of the molecule is O=C(N[C@@H]1C[C@@H]2CCN(C2)C1)c1ncc(Cl)c(C(F)(F)F)n1. The summed E-state index contributed by atoms with van der Waals surface area (Å²) in [4.78, 5) is 21.2. The second kappa shape index (κ2) is 5.66. The van der Waals surface area contributed by atoms with Crippen molar-refractivity contribution in [1.82, 2.24) is 20.2 Å². The zero-order valence-corrected chi connectivity index (χ0v) is 12.3. The molecule has 3 rings (SSSR count). The van der Waals surface area contributed by atoms with Crippen LogP contribution < -0.4 is 5.32 Å². The molecule has 2 fully saturated rings. The van der Waals surface area contributed by atoms with Crippen molar-refractivity contribution in [2.75, 3.05) is 19.6 Å². The van der Waals surface area contributed by atoms with Crippen molar-refractivity contribution < 1.29 is 18.0 Å². The van der Waals surface area contributed by atoms with Gasteiger partial charge in [0.05, 0.1) is 11.2 Å². The van der Waals surface area contributed by atoms with Gasteiger partial charge in [0, 0.05) is 19.1 Å². The lowest BCUT2D eigenvalue weighted by molar-refractivity contribution is -0.141. The van der Waals surface area contributed by atoms with Gasteiger partial charge in [-0.2, -0.15) is 13.2 Å². The number of nitrogens with zero attached hydrogens (tertiary/aromatic N) is 3. The summed E-state index contributed by atoms with van der Waals surface area (Å²) >= 11 is 5.44. The molecule has 1 N–H and O–H groups in total. The zero-order valence-electron chi connectivity index (χ0n) is 11.5. The number of carbonyl (C=O) groups is 1. The first kappa shape index (κ1) is 15.5. The highest BCUT2D eigenvalue weighted by Gasteiger charge is 2.37. The zero-order chi connectivity index (χ0) is 15.9. The van der Waals surface area contributed by atoms with Gasteiger partial charge in [-0.05, 0) is 25.3 Å². The number of hydrogen-bond donors (Lipinski definition) is 1. The lowest BCUT2D eigenvalue weighted by Crippen LogP contribution is -2.47. The fourth-order valence-electron chi connectivity index (χ4n) is 3.09. The smallest absolute Gasteiger partial charge is 0.345 e. The second-order valence-corrected chi connectivity index (χ2v) is 6.12. The fraction of sp³-hybridized carbons (Fsp3) is 0.615. The van der Waals surface area contributed by atoms with E-state index in [0.29, 0.717) is 12.5 Å². The van der Waals surface area contributed by atoms with Gasteiger partial charge in [-0.25, -0.2) is 9.97 Å². The second-order valence-electron chi connectivity index (χ2n) is 5.71. The molecule has 0 aliphatic carbocycles. The molecule has 1 unspecified atom stereocenters. The van der Waals surface area contributed by atoms with Gasteiger partial charge in [0.25, 0.3) is 5.91 Å². The van der Waals surface area contributed by atoms with E-state index in [0.717, 1.165) is 32.1 Å². The molecule has 0 aromatic carbocycles. The standard InChI is InChI=1S/C13H14ClF3N4O/c14-9-4-18-11(20-10(9)13(15,16)17)12(22)19-8-3-7-1-2-21(5-7)6-8/h4,7-8H,1-3,5-6H2,(H,19,22)/t7-,8+/m0/s1. The number of nitrogens with one attached hydrogen (secondary N) is 1. The topological polar surface area (TPSA) is 58.1 Å². The summed E-state index contributed by atoms with van der Waals surface area (Å²) in [6.07, 6.45) is -1.98. The van der Waals surface area contributed by atoms with Crippen LogP contribution in [0.1, 0.15) is 29.2 Å². The first-order chi connectivity index (χ1) is 10.3. The Labute approximate surface area is 129 Å². The Morgan fingerprint density at radius 2 is 2.18 bits per heavy atom. The molecule has 3 atom stereocenters. The molecule has 2 bridgehead atoms. The summed E-state index contributed by atoms with van der Waals surface area (Å²) in [6.45, 7) is 2.75. The Morgan fingerprint density at radius 3 is 2.86 bits per heavy atom. The lowest BCUT2D eigenvalue weighted by Gasteiger charge is -2.30. The molecule has 120 valence electrons. The molecule has 1 aromatic rings. The first-order valence-corrected chi connectivity index (χ1v) is 7.33. The average molecular weight is 335 g/mol. The molecule has 2 aliphatic heterocycles. The van der Waals surface area contributed by atoms with Crippen molar-refractivity contribution in [3.05, 3.63) is 22.7 Å². The van der Waals surface area contributed by atoms with Crippen LogP contribution in [0.3, 0.4) is 0 Å². The highest BCUT2D eigenvalue weighted by molar-refractivity contribution is 6.31. The molecule has 1 amide bonds. The molecule has 5 nitrogen and oxygen atoms in total. The van der Waals surface area contributed by atoms with E-state index >= 15 is 0 Å². The van der Waals surface area contributed by atoms with Crippen LogP contribution in [0.25, 0.3) is 0 Å². The van der Waals surface area contributed by atoms with Gasteiger partial charge in [-0.15, -0.1) is 0 Å². The Bertz CT molecular complexity index is 583. The number of halogens is 4. The van der Waals surface area contributed by atoms with E-state index < -0.39 is 28.6 Å². The van der Waals surface area contributed by atoms with E-state index in [-0.39, 0.29) is 6.04 Å². The number of amides is 1. The molecular weight excluding hydrogens is 321 g/mol. The van der Waals surface area contributed by atoms with Crippen molar-refractivity contribution in [3.8, 4) is 0 Å². The van der Waals surface area contributed by atoms with E-state index in [9.17, 15) is 18.0 Å². The lowest BCUT2D eigenvalue weighted by atomic mass is 9.97. The van der Waals surface area contributed by atoms with Gasteiger partial charge < -0.3 is 10.2 Å². The van der Waals surface area contributed by atoms with Crippen molar-refractivity contribution in [2.24, 2.45) is 5.92 Å². The predicted octanol–water partition coefficient (Wildman–Crippen LogP) is 1.97. The van der Waals surface area contributed by atoms with Crippen molar-refractivity contribution in [2.45, 2.75) is 25.1 Å². The minimum absolute atomic E-state index is 0.0811. The van der Waals surface area contributed by atoms with Gasteiger partial charge in [0.15, 0.2) is 5.69 Å². The van der Waals surface area contributed by atoms with Crippen LogP contribution in [0.4, 0.5) is 13.2 Å². The Balaban J connectivity index is 1.72. The van der Waals surface area contributed by atoms with E-state index in [1.807, 2.05) is 0 Å². The van der Waals surface area contributed by atoms with Crippen LogP contribution in [-0.4, -0.2) is 46.5 Å². The molecule has 3 heterocycles. The summed E-state index contributed by atoms with van der Waals surface area (Å²) in [5.41, 5.74) is -1.29. The van der Waals surface area contributed by atoms with Crippen LogP contribution >= 0.6 is 11.6 Å². The number of aromatic nitrogens is 2. The molecular formula is C13H14ClF3N4O. The van der Waals surface area contributed by atoms with Crippen molar-refractivity contribution in [3.63, 3.8) is 0 Å². The number of rotatable bonds is 2. The van der Waals surface area contributed by atoms with E-state index in [2.05, 4.69) is 20.2 Å². The van der Waals surface area contributed by atoms with Crippen LogP contribution in [0.5, 0.6) is 0 Å². The first-order valence-electron chi connectivity index (χ1n) is 6.96. The van der Waals surface area contributed by atoms with Crippen LogP contribution in [0.2, 0.25) is 5.02 Å². The maximum Gasteiger partial charge on any atom is 0.434 e. The number of fused-ring (bicyclic) bond motifs is 2. The summed E-state index contributed by atoms with van der Waals surface area (Å²) in [5.74, 6) is -0.671. The number of hydrogen-bond acceptors (Lipinski definition) is 4. The molecule has 0 saturated carbocycles. The Morgan fingerprint density at radius 1 is 1.41 bits per heavy atom. The largest absolute Gasteiger partial charge is 0.434 e. The number of carbonyl (C=O) groups excluding carboxylic acids is 1. The van der Waals surface area contributed by atoms with Gasteiger partial charge in [-0.3, -0.25) is 4.79 Å². The summed E-state index contributed by atoms with van der Waals surface area (Å²) in [6, 6.07) is -0.0811.